The fourth-order valence-corrected chi connectivity index (χ4v) is 2.03. The number of aromatic hydroxyl groups is 1. The van der Waals surface area contributed by atoms with Gasteiger partial charge in [0.2, 0.25) is 0 Å². The van der Waals surface area contributed by atoms with Gasteiger partial charge in [-0.15, -0.1) is 0 Å². The van der Waals surface area contributed by atoms with Crippen LogP contribution in [0.3, 0.4) is 0 Å². The van der Waals surface area contributed by atoms with Crippen LogP contribution in [0.1, 0.15) is 11.4 Å². The number of aromatic nitrogens is 2. The zero-order chi connectivity index (χ0) is 14.8. The molecule has 0 atom stereocenters. The van der Waals surface area contributed by atoms with E-state index in [1.807, 2.05) is 12.1 Å². The maximum absolute atomic E-state index is 9.25. The van der Waals surface area contributed by atoms with Crippen molar-refractivity contribution in [2.45, 2.75) is 6.42 Å². The van der Waals surface area contributed by atoms with Crippen LogP contribution in [-0.2, 0) is 6.42 Å². The molecule has 0 spiro atoms. The van der Waals surface area contributed by atoms with Gasteiger partial charge in [0.05, 0.1) is 10.7 Å². The number of nitrogens with zero attached hydrogens (tertiary/aromatic N) is 2. The average molecular weight is 302 g/mol. The Morgan fingerprint density at radius 1 is 1.14 bits per heavy atom. The first-order valence-electron chi connectivity index (χ1n) is 6.28. The highest BCUT2D eigenvalue weighted by molar-refractivity contribution is 6.33. The lowest BCUT2D eigenvalue weighted by molar-refractivity contribution is 0.424. The summed E-state index contributed by atoms with van der Waals surface area (Å²) in [5, 5.41) is 13.7. The lowest BCUT2D eigenvalue weighted by Gasteiger charge is -1.99. The number of nitrogen functional groups attached to an aromatic ring is 1. The van der Waals surface area contributed by atoms with Crippen molar-refractivity contribution >= 4 is 17.3 Å². The number of halogens is 1. The third-order valence-electron chi connectivity index (χ3n) is 3.01. The zero-order valence-corrected chi connectivity index (χ0v) is 11.7. The van der Waals surface area contributed by atoms with Crippen molar-refractivity contribution in [2.75, 3.05) is 5.73 Å². The molecular weight excluding hydrogens is 290 g/mol. The molecule has 3 rings (SSSR count). The molecule has 0 radical (unpaired) electrons. The average Bonchev–Trinajstić information content (AvgIpc) is 2.93. The molecule has 0 aliphatic heterocycles. The minimum absolute atomic E-state index is 0.226. The van der Waals surface area contributed by atoms with Crippen LogP contribution in [0, 0.1) is 0 Å². The largest absolute Gasteiger partial charge is 0.508 e. The number of hydrogen-bond donors (Lipinski definition) is 2. The normalized spacial score (nSPS) is 10.7. The standard InChI is InChI=1S/C15H12ClN3O2/c16-12-6-3-10(8-13(12)17)15-18-14(19-21-15)7-9-1-4-11(20)5-2-9/h1-6,8,20H,7,17H2. The van der Waals surface area contributed by atoms with Crippen LogP contribution < -0.4 is 5.73 Å². The summed E-state index contributed by atoms with van der Waals surface area (Å²) in [5.74, 6) is 1.18. The van der Waals surface area contributed by atoms with E-state index >= 15 is 0 Å². The molecule has 21 heavy (non-hydrogen) atoms. The van der Waals surface area contributed by atoms with Gasteiger partial charge in [-0.05, 0) is 35.9 Å². The van der Waals surface area contributed by atoms with Crippen LogP contribution >= 0.6 is 11.6 Å². The van der Waals surface area contributed by atoms with E-state index in [1.165, 1.54) is 0 Å². The summed E-state index contributed by atoms with van der Waals surface area (Å²) in [6.07, 6.45) is 0.521. The van der Waals surface area contributed by atoms with Gasteiger partial charge in [0.15, 0.2) is 5.82 Å². The minimum atomic E-state index is 0.226. The van der Waals surface area contributed by atoms with Crippen LogP contribution in [0.4, 0.5) is 5.69 Å². The van der Waals surface area contributed by atoms with Crippen LogP contribution in [0.2, 0.25) is 5.02 Å². The van der Waals surface area contributed by atoms with E-state index in [-0.39, 0.29) is 5.75 Å². The Balaban J connectivity index is 1.82. The number of nitrogens with two attached hydrogens (primary N) is 1. The van der Waals surface area contributed by atoms with Gasteiger partial charge in [0.25, 0.3) is 5.89 Å². The monoisotopic (exact) mass is 301 g/mol. The number of phenols is 1. The van der Waals surface area contributed by atoms with Crippen molar-refractivity contribution in [3.63, 3.8) is 0 Å². The van der Waals surface area contributed by atoms with Gasteiger partial charge >= 0.3 is 0 Å². The molecule has 1 aromatic heterocycles. The van der Waals surface area contributed by atoms with Crippen molar-refractivity contribution in [3.8, 4) is 17.2 Å². The smallest absolute Gasteiger partial charge is 0.258 e. The van der Waals surface area contributed by atoms with Gasteiger partial charge in [-0.25, -0.2) is 0 Å². The molecule has 0 amide bonds. The summed E-state index contributed by atoms with van der Waals surface area (Å²) in [4.78, 5) is 4.33. The quantitative estimate of drug-likeness (QED) is 0.725. The van der Waals surface area contributed by atoms with E-state index in [1.54, 1.807) is 30.3 Å². The number of rotatable bonds is 3. The van der Waals surface area contributed by atoms with Crippen molar-refractivity contribution in [1.29, 1.82) is 0 Å². The van der Waals surface area contributed by atoms with Gasteiger partial charge in [-0.2, -0.15) is 4.98 Å². The SMILES string of the molecule is Nc1cc(-c2nc(Cc3ccc(O)cc3)no2)ccc1Cl. The van der Waals surface area contributed by atoms with Crippen LogP contribution in [0.15, 0.2) is 47.0 Å². The van der Waals surface area contributed by atoms with Gasteiger partial charge in [-0.1, -0.05) is 28.9 Å². The minimum Gasteiger partial charge on any atom is -0.508 e. The fraction of sp³-hybridized carbons (Fsp3) is 0.0667. The number of hydrogen-bond acceptors (Lipinski definition) is 5. The summed E-state index contributed by atoms with van der Waals surface area (Å²) >= 11 is 5.88. The zero-order valence-electron chi connectivity index (χ0n) is 11.0. The lowest BCUT2D eigenvalue weighted by Crippen LogP contribution is -1.91. The molecule has 3 N–H and O–H groups in total. The molecule has 0 aliphatic carbocycles. The second-order valence-electron chi connectivity index (χ2n) is 4.60. The van der Waals surface area contributed by atoms with Crippen molar-refractivity contribution in [3.05, 3.63) is 58.9 Å². The first-order chi connectivity index (χ1) is 10.1. The Hall–Kier alpha value is -2.53. The van der Waals surface area contributed by atoms with E-state index in [9.17, 15) is 5.11 Å². The van der Waals surface area contributed by atoms with E-state index in [4.69, 9.17) is 21.9 Å². The molecule has 0 fully saturated rings. The molecule has 6 heteroatoms. The highest BCUT2D eigenvalue weighted by Gasteiger charge is 2.10. The van der Waals surface area contributed by atoms with Gasteiger partial charge < -0.3 is 15.4 Å². The van der Waals surface area contributed by atoms with Crippen LogP contribution in [0.5, 0.6) is 5.75 Å². The van der Waals surface area contributed by atoms with Gasteiger partial charge in [-0.3, -0.25) is 0 Å². The third kappa shape index (κ3) is 2.98. The van der Waals surface area contributed by atoms with Crippen molar-refractivity contribution < 1.29 is 9.63 Å². The second-order valence-corrected chi connectivity index (χ2v) is 5.00. The Labute approximate surface area is 126 Å². The topological polar surface area (TPSA) is 85.2 Å². The number of benzene rings is 2. The molecule has 0 bridgehead atoms. The second kappa shape index (κ2) is 5.46. The third-order valence-corrected chi connectivity index (χ3v) is 3.35. The van der Waals surface area contributed by atoms with E-state index in [0.717, 1.165) is 11.1 Å². The van der Waals surface area contributed by atoms with Gasteiger partial charge in [0.1, 0.15) is 5.75 Å². The van der Waals surface area contributed by atoms with Crippen molar-refractivity contribution in [1.82, 2.24) is 10.1 Å². The molecule has 3 aromatic rings. The molecule has 0 unspecified atom stereocenters. The molecule has 0 saturated heterocycles. The molecule has 5 nitrogen and oxygen atoms in total. The van der Waals surface area contributed by atoms with E-state index in [2.05, 4.69) is 10.1 Å². The molecule has 0 saturated carbocycles. The molecule has 1 heterocycles. The Bertz CT molecular complexity index is 769. The van der Waals surface area contributed by atoms with Crippen molar-refractivity contribution in [2.24, 2.45) is 0 Å². The Morgan fingerprint density at radius 3 is 2.62 bits per heavy atom. The summed E-state index contributed by atoms with van der Waals surface area (Å²) in [5.41, 5.74) is 7.93. The molecule has 106 valence electrons. The lowest BCUT2D eigenvalue weighted by atomic mass is 10.1. The summed E-state index contributed by atoms with van der Waals surface area (Å²) < 4.78 is 5.23. The highest BCUT2D eigenvalue weighted by Crippen LogP contribution is 2.26. The predicted octanol–water partition coefficient (Wildman–Crippen LogP) is 3.27. The summed E-state index contributed by atoms with van der Waals surface area (Å²) in [7, 11) is 0. The summed E-state index contributed by atoms with van der Waals surface area (Å²) in [6, 6.07) is 12.0. The Morgan fingerprint density at radius 2 is 1.90 bits per heavy atom. The Kier molecular flexibility index (Phi) is 3.50. The maximum Gasteiger partial charge on any atom is 0.258 e. The maximum atomic E-state index is 9.25. The molecular formula is C15H12ClN3O2. The number of phenolic OH excluding ortho intramolecular Hbond substituents is 1. The predicted molar refractivity (Wildman–Crippen MR) is 80.1 cm³/mol. The molecule has 2 aromatic carbocycles. The first-order valence-corrected chi connectivity index (χ1v) is 6.65. The summed E-state index contributed by atoms with van der Waals surface area (Å²) in [6.45, 7) is 0. The van der Waals surface area contributed by atoms with E-state index < -0.39 is 0 Å². The van der Waals surface area contributed by atoms with Crippen LogP contribution in [0.25, 0.3) is 11.5 Å². The first kappa shape index (κ1) is 13.5. The highest BCUT2D eigenvalue weighted by atomic mass is 35.5. The fourth-order valence-electron chi connectivity index (χ4n) is 1.92. The van der Waals surface area contributed by atoms with E-state index in [0.29, 0.717) is 28.8 Å². The molecule has 0 aliphatic rings. The van der Waals surface area contributed by atoms with Crippen LogP contribution in [-0.4, -0.2) is 15.2 Å². The number of anilines is 1. The van der Waals surface area contributed by atoms with Gasteiger partial charge in [0, 0.05) is 12.0 Å².